The van der Waals surface area contributed by atoms with Crippen LogP contribution >= 0.6 is 0 Å². The fraction of sp³-hybridized carbons (Fsp3) is 0.538. The number of rotatable bonds is 5. The van der Waals surface area contributed by atoms with Crippen LogP contribution in [0.5, 0.6) is 0 Å². The van der Waals surface area contributed by atoms with Crippen LogP contribution in [0.25, 0.3) is 0 Å². The van der Waals surface area contributed by atoms with Gasteiger partial charge in [-0.15, -0.1) is 0 Å². The molecule has 0 amide bonds. The quantitative estimate of drug-likeness (QED) is 0.819. The van der Waals surface area contributed by atoms with Crippen molar-refractivity contribution in [3.63, 3.8) is 0 Å². The Morgan fingerprint density at radius 3 is 2.35 bits per heavy atom. The molecule has 2 nitrogen and oxygen atoms in total. The molecular formula is C13H16F5NO. The average Bonchev–Trinajstić information content (AvgIpc) is 2.23. The Morgan fingerprint density at radius 1 is 1.25 bits per heavy atom. The molecule has 0 fully saturated rings. The maximum atomic E-state index is 13.5. The summed E-state index contributed by atoms with van der Waals surface area (Å²) in [5.41, 5.74) is -1.91. The summed E-state index contributed by atoms with van der Waals surface area (Å²) in [6.45, 7) is 2.27. The third-order valence-electron chi connectivity index (χ3n) is 2.84. The Bertz CT molecular complexity index is 459. The van der Waals surface area contributed by atoms with Gasteiger partial charge in [0, 0.05) is 24.2 Å². The van der Waals surface area contributed by atoms with E-state index in [4.69, 9.17) is 0 Å². The summed E-state index contributed by atoms with van der Waals surface area (Å²) in [7, 11) is 0. The lowest BCUT2D eigenvalue weighted by Crippen LogP contribution is -2.41. The smallest absolute Gasteiger partial charge is 0.384 e. The first kappa shape index (κ1) is 16.8. The van der Waals surface area contributed by atoms with Gasteiger partial charge in [-0.25, -0.2) is 8.78 Å². The monoisotopic (exact) mass is 297 g/mol. The zero-order chi connectivity index (χ0) is 15.6. The van der Waals surface area contributed by atoms with Crippen LogP contribution in [0.1, 0.15) is 25.8 Å². The normalized spacial score (nSPS) is 16.8. The Morgan fingerprint density at radius 2 is 1.85 bits per heavy atom. The predicted molar refractivity (Wildman–Crippen MR) is 64.1 cm³/mol. The van der Waals surface area contributed by atoms with E-state index < -0.39 is 35.9 Å². The van der Waals surface area contributed by atoms with Gasteiger partial charge < -0.3 is 10.4 Å². The molecule has 0 aliphatic carbocycles. The molecular weight excluding hydrogens is 281 g/mol. The Balaban J connectivity index is 2.70. The summed E-state index contributed by atoms with van der Waals surface area (Å²) in [5, 5.41) is 12.6. The molecule has 0 saturated carbocycles. The molecule has 0 aromatic heterocycles. The number of nitrogens with one attached hydrogen (secondary N) is 1. The number of hydrogen-bond acceptors (Lipinski definition) is 2. The van der Waals surface area contributed by atoms with Crippen LogP contribution in [0.15, 0.2) is 18.2 Å². The Hall–Kier alpha value is -1.21. The summed E-state index contributed by atoms with van der Waals surface area (Å²) in [4.78, 5) is 0. The molecule has 0 bridgehead atoms. The molecule has 0 aliphatic rings. The van der Waals surface area contributed by atoms with Crippen molar-refractivity contribution < 1.29 is 27.1 Å². The van der Waals surface area contributed by atoms with Gasteiger partial charge in [0.05, 0.1) is 6.42 Å². The van der Waals surface area contributed by atoms with Gasteiger partial charge in [-0.3, -0.25) is 0 Å². The topological polar surface area (TPSA) is 32.3 Å². The van der Waals surface area contributed by atoms with Crippen molar-refractivity contribution in [2.45, 2.75) is 38.1 Å². The van der Waals surface area contributed by atoms with E-state index in [1.165, 1.54) is 13.8 Å². The lowest BCUT2D eigenvalue weighted by molar-refractivity contribution is -0.139. The van der Waals surface area contributed by atoms with E-state index in [0.29, 0.717) is 6.07 Å². The minimum atomic E-state index is -4.32. The Labute approximate surface area is 113 Å². The van der Waals surface area contributed by atoms with Crippen molar-refractivity contribution in [3.05, 3.63) is 35.4 Å². The van der Waals surface area contributed by atoms with Crippen molar-refractivity contribution in [2.24, 2.45) is 0 Å². The lowest BCUT2D eigenvalue weighted by atomic mass is 9.95. The van der Waals surface area contributed by atoms with Gasteiger partial charge >= 0.3 is 6.18 Å². The van der Waals surface area contributed by atoms with Gasteiger partial charge in [0.25, 0.3) is 0 Å². The SMILES string of the molecule is CC(CC(F)(F)F)NCC(C)(O)c1ccc(F)cc1F. The fourth-order valence-electron chi connectivity index (χ4n) is 1.81. The zero-order valence-electron chi connectivity index (χ0n) is 11.1. The van der Waals surface area contributed by atoms with Crippen LogP contribution in [-0.4, -0.2) is 23.9 Å². The molecule has 2 atom stereocenters. The molecule has 0 heterocycles. The summed E-state index contributed by atoms with van der Waals surface area (Å²) in [5.74, 6) is -1.74. The summed E-state index contributed by atoms with van der Waals surface area (Å²) >= 11 is 0. The number of halogens is 5. The maximum absolute atomic E-state index is 13.5. The van der Waals surface area contributed by atoms with Gasteiger partial charge in [-0.05, 0) is 19.9 Å². The van der Waals surface area contributed by atoms with E-state index in [1.54, 1.807) is 0 Å². The Kier molecular flexibility index (Phi) is 5.10. The molecule has 20 heavy (non-hydrogen) atoms. The largest absolute Gasteiger partial charge is 0.390 e. The van der Waals surface area contributed by atoms with Gasteiger partial charge in [-0.1, -0.05) is 6.07 Å². The lowest BCUT2D eigenvalue weighted by Gasteiger charge is -2.27. The van der Waals surface area contributed by atoms with Crippen LogP contribution in [0.4, 0.5) is 22.0 Å². The molecule has 1 rings (SSSR count). The summed E-state index contributed by atoms with van der Waals surface area (Å²) in [6.07, 6.45) is -5.38. The molecule has 1 aromatic rings. The van der Waals surface area contributed by atoms with Crippen molar-refractivity contribution in [2.75, 3.05) is 6.54 Å². The van der Waals surface area contributed by atoms with E-state index in [1.807, 2.05) is 0 Å². The first-order valence-electron chi connectivity index (χ1n) is 5.99. The minimum absolute atomic E-state index is 0.175. The second kappa shape index (κ2) is 6.05. The van der Waals surface area contributed by atoms with E-state index in [0.717, 1.165) is 12.1 Å². The third-order valence-corrected chi connectivity index (χ3v) is 2.84. The molecule has 0 saturated heterocycles. The minimum Gasteiger partial charge on any atom is -0.384 e. The highest BCUT2D eigenvalue weighted by Crippen LogP contribution is 2.25. The fourth-order valence-corrected chi connectivity index (χ4v) is 1.81. The molecule has 0 radical (unpaired) electrons. The highest BCUT2D eigenvalue weighted by molar-refractivity contribution is 5.24. The summed E-state index contributed by atoms with van der Waals surface area (Å²) < 4.78 is 62.8. The average molecular weight is 297 g/mol. The maximum Gasteiger partial charge on any atom is 0.390 e. The van der Waals surface area contributed by atoms with Crippen LogP contribution in [0.2, 0.25) is 0 Å². The molecule has 2 unspecified atom stereocenters. The molecule has 7 heteroatoms. The van der Waals surface area contributed by atoms with Crippen LogP contribution in [0, 0.1) is 11.6 Å². The number of benzene rings is 1. The zero-order valence-corrected chi connectivity index (χ0v) is 11.1. The van der Waals surface area contributed by atoms with Gasteiger partial charge in [0.2, 0.25) is 0 Å². The van der Waals surface area contributed by atoms with E-state index in [-0.39, 0.29) is 12.1 Å². The first-order valence-corrected chi connectivity index (χ1v) is 5.99. The highest BCUT2D eigenvalue weighted by Gasteiger charge is 2.32. The van der Waals surface area contributed by atoms with Gasteiger partial charge in [0.1, 0.15) is 17.2 Å². The molecule has 0 aliphatic heterocycles. The molecule has 1 aromatic carbocycles. The third kappa shape index (κ3) is 5.05. The molecule has 2 N–H and O–H groups in total. The highest BCUT2D eigenvalue weighted by atomic mass is 19.4. The standard InChI is InChI=1S/C13H16F5NO/c1-8(6-13(16,17)18)19-7-12(2,20)10-4-3-9(14)5-11(10)15/h3-5,8,19-20H,6-7H2,1-2H3. The van der Waals surface area contributed by atoms with Crippen molar-refractivity contribution in [3.8, 4) is 0 Å². The number of hydrogen-bond donors (Lipinski definition) is 2. The van der Waals surface area contributed by atoms with Crippen LogP contribution in [0.3, 0.4) is 0 Å². The molecule has 0 spiro atoms. The van der Waals surface area contributed by atoms with Crippen LogP contribution in [-0.2, 0) is 5.60 Å². The van der Waals surface area contributed by atoms with Crippen LogP contribution < -0.4 is 5.32 Å². The van der Waals surface area contributed by atoms with Crippen molar-refractivity contribution in [1.29, 1.82) is 0 Å². The van der Waals surface area contributed by atoms with E-state index >= 15 is 0 Å². The van der Waals surface area contributed by atoms with Crippen molar-refractivity contribution in [1.82, 2.24) is 5.32 Å². The molecule has 114 valence electrons. The van der Waals surface area contributed by atoms with Gasteiger partial charge in [-0.2, -0.15) is 13.2 Å². The number of aliphatic hydroxyl groups is 1. The van der Waals surface area contributed by atoms with Gasteiger partial charge in [0.15, 0.2) is 0 Å². The second-order valence-corrected chi connectivity index (χ2v) is 5.00. The predicted octanol–water partition coefficient (Wildman–Crippen LogP) is 3.10. The van der Waals surface area contributed by atoms with Crippen molar-refractivity contribution >= 4 is 0 Å². The number of alkyl halides is 3. The van der Waals surface area contributed by atoms with E-state index in [9.17, 15) is 27.1 Å². The first-order chi connectivity index (χ1) is 9.01. The second-order valence-electron chi connectivity index (χ2n) is 5.00. The van der Waals surface area contributed by atoms with E-state index in [2.05, 4.69) is 5.32 Å². The summed E-state index contributed by atoms with van der Waals surface area (Å²) in [6, 6.07) is 1.74.